The van der Waals surface area contributed by atoms with Gasteiger partial charge in [0.2, 0.25) is 0 Å². The van der Waals surface area contributed by atoms with Crippen LogP contribution in [0.15, 0.2) is 22.5 Å². The zero-order valence-electron chi connectivity index (χ0n) is 9.92. The Morgan fingerprint density at radius 1 is 1.44 bits per heavy atom. The Kier molecular flexibility index (Phi) is 4.14. The molecule has 2 N–H and O–H groups in total. The number of fused-ring (bicyclic) bond motifs is 1. The number of thiazole rings is 1. The summed E-state index contributed by atoms with van der Waals surface area (Å²) in [6.07, 6.45) is 1.92. The largest absolute Gasteiger partial charge is 0.399 e. The molecule has 0 unspecified atom stereocenters. The van der Waals surface area contributed by atoms with Crippen LogP contribution in [0.3, 0.4) is 0 Å². The minimum Gasteiger partial charge on any atom is -0.399 e. The molecule has 0 saturated carbocycles. The van der Waals surface area contributed by atoms with Crippen molar-refractivity contribution in [3.63, 3.8) is 0 Å². The Balaban J connectivity index is 1.96. The van der Waals surface area contributed by atoms with Gasteiger partial charge in [0, 0.05) is 17.7 Å². The van der Waals surface area contributed by atoms with Crippen LogP contribution in [0.25, 0.3) is 10.2 Å². The van der Waals surface area contributed by atoms with Crippen molar-refractivity contribution < 1.29 is 8.42 Å². The SMILES string of the molecule is CS(=O)(=O)CCCSc1nc2ccc(N)cc2s1. The number of nitrogens with zero attached hydrogens (tertiary/aromatic N) is 1. The maximum atomic E-state index is 11.0. The van der Waals surface area contributed by atoms with E-state index < -0.39 is 9.84 Å². The molecular weight excluding hydrogens is 288 g/mol. The number of hydrogen-bond acceptors (Lipinski definition) is 6. The second-order valence-corrected chi connectivity index (χ2v) is 8.67. The number of benzene rings is 1. The molecule has 4 nitrogen and oxygen atoms in total. The van der Waals surface area contributed by atoms with Gasteiger partial charge in [-0.25, -0.2) is 13.4 Å². The third kappa shape index (κ3) is 3.86. The Labute approximate surface area is 115 Å². The maximum Gasteiger partial charge on any atom is 0.151 e. The van der Waals surface area contributed by atoms with Gasteiger partial charge in [-0.3, -0.25) is 0 Å². The summed E-state index contributed by atoms with van der Waals surface area (Å²) in [5.74, 6) is 1.00. The van der Waals surface area contributed by atoms with E-state index in [1.165, 1.54) is 6.26 Å². The topological polar surface area (TPSA) is 73.0 Å². The Bertz CT molecular complexity index is 649. The van der Waals surface area contributed by atoms with Crippen LogP contribution in [-0.4, -0.2) is 31.2 Å². The van der Waals surface area contributed by atoms with Gasteiger partial charge in [-0.2, -0.15) is 0 Å². The summed E-state index contributed by atoms with van der Waals surface area (Å²) in [6.45, 7) is 0. The molecule has 0 aliphatic rings. The fourth-order valence-electron chi connectivity index (χ4n) is 1.46. The van der Waals surface area contributed by atoms with E-state index in [4.69, 9.17) is 5.73 Å². The standard InChI is InChI=1S/C11H14N2O2S3/c1-18(14,15)6-2-5-16-11-13-9-4-3-8(12)7-10(9)17-11/h3-4,7H,2,5-6,12H2,1H3. The Morgan fingerprint density at radius 3 is 2.94 bits per heavy atom. The first-order valence-electron chi connectivity index (χ1n) is 5.41. The number of nitrogen functional groups attached to an aromatic ring is 1. The highest BCUT2D eigenvalue weighted by atomic mass is 32.2. The summed E-state index contributed by atoms with van der Waals surface area (Å²) in [5.41, 5.74) is 7.39. The van der Waals surface area contributed by atoms with Gasteiger partial charge in [0.05, 0.1) is 16.0 Å². The first kappa shape index (κ1) is 13.6. The highest BCUT2D eigenvalue weighted by molar-refractivity contribution is 8.01. The maximum absolute atomic E-state index is 11.0. The van der Waals surface area contributed by atoms with Gasteiger partial charge < -0.3 is 5.73 Å². The zero-order valence-corrected chi connectivity index (χ0v) is 12.4. The van der Waals surface area contributed by atoms with Crippen molar-refractivity contribution in [3.8, 4) is 0 Å². The highest BCUT2D eigenvalue weighted by Gasteiger charge is 2.06. The lowest BCUT2D eigenvalue weighted by Crippen LogP contribution is -2.03. The Hall–Kier alpha value is -0.790. The van der Waals surface area contributed by atoms with E-state index in [1.807, 2.05) is 18.2 Å². The molecule has 2 rings (SSSR count). The van der Waals surface area contributed by atoms with E-state index >= 15 is 0 Å². The summed E-state index contributed by atoms with van der Waals surface area (Å²) in [7, 11) is -2.86. The molecule has 0 spiro atoms. The fraction of sp³-hybridized carbons (Fsp3) is 0.364. The summed E-state index contributed by atoms with van der Waals surface area (Å²) in [4.78, 5) is 4.46. The first-order chi connectivity index (χ1) is 8.44. The summed E-state index contributed by atoms with van der Waals surface area (Å²) >= 11 is 3.19. The van der Waals surface area contributed by atoms with Gasteiger partial charge in [0.25, 0.3) is 0 Å². The summed E-state index contributed by atoms with van der Waals surface area (Å²) in [6, 6.07) is 5.65. The van der Waals surface area contributed by atoms with Gasteiger partial charge in [-0.05, 0) is 24.6 Å². The highest BCUT2D eigenvalue weighted by Crippen LogP contribution is 2.30. The molecule has 7 heteroatoms. The smallest absolute Gasteiger partial charge is 0.151 e. The predicted molar refractivity (Wildman–Crippen MR) is 79.1 cm³/mol. The van der Waals surface area contributed by atoms with Gasteiger partial charge in [0.15, 0.2) is 4.34 Å². The van der Waals surface area contributed by atoms with Crippen LogP contribution < -0.4 is 5.73 Å². The van der Waals surface area contributed by atoms with E-state index in [9.17, 15) is 8.42 Å². The van der Waals surface area contributed by atoms with Crippen LogP contribution in [0.2, 0.25) is 0 Å². The first-order valence-corrected chi connectivity index (χ1v) is 9.27. The van der Waals surface area contributed by atoms with Crippen LogP contribution in [0.4, 0.5) is 5.69 Å². The van der Waals surface area contributed by atoms with Crippen molar-refractivity contribution in [1.29, 1.82) is 0 Å². The van der Waals surface area contributed by atoms with Crippen LogP contribution in [-0.2, 0) is 9.84 Å². The lowest BCUT2D eigenvalue weighted by atomic mass is 10.3. The average molecular weight is 302 g/mol. The molecule has 0 aliphatic heterocycles. The zero-order chi connectivity index (χ0) is 13.2. The molecule has 0 atom stereocenters. The van der Waals surface area contributed by atoms with Crippen LogP contribution in [0.1, 0.15) is 6.42 Å². The molecular formula is C11H14N2O2S3. The minimum atomic E-state index is -2.86. The third-order valence-corrected chi connectivity index (χ3v) is 5.56. The quantitative estimate of drug-likeness (QED) is 0.521. The molecule has 0 amide bonds. The molecule has 2 aromatic rings. The molecule has 1 aromatic carbocycles. The molecule has 0 fully saturated rings. The van der Waals surface area contributed by atoms with Gasteiger partial charge >= 0.3 is 0 Å². The van der Waals surface area contributed by atoms with E-state index in [0.717, 1.165) is 26.0 Å². The van der Waals surface area contributed by atoms with Crippen LogP contribution in [0.5, 0.6) is 0 Å². The Morgan fingerprint density at radius 2 is 2.22 bits per heavy atom. The van der Waals surface area contributed by atoms with Crippen LogP contribution >= 0.6 is 23.1 Å². The number of anilines is 1. The number of aromatic nitrogens is 1. The normalized spacial score (nSPS) is 12.1. The van der Waals surface area contributed by atoms with E-state index in [-0.39, 0.29) is 5.75 Å². The predicted octanol–water partition coefficient (Wildman–Crippen LogP) is 2.41. The summed E-state index contributed by atoms with van der Waals surface area (Å²) < 4.78 is 24.0. The van der Waals surface area contributed by atoms with Crippen molar-refractivity contribution in [2.45, 2.75) is 10.8 Å². The second-order valence-electron chi connectivity index (χ2n) is 4.04. The van der Waals surface area contributed by atoms with Crippen molar-refractivity contribution in [3.05, 3.63) is 18.2 Å². The van der Waals surface area contributed by atoms with Gasteiger partial charge in [0.1, 0.15) is 9.84 Å². The monoisotopic (exact) mass is 302 g/mol. The molecule has 18 heavy (non-hydrogen) atoms. The second kappa shape index (κ2) is 5.46. The number of rotatable bonds is 5. The van der Waals surface area contributed by atoms with E-state index in [1.54, 1.807) is 23.1 Å². The van der Waals surface area contributed by atoms with Gasteiger partial charge in [-0.1, -0.05) is 11.8 Å². The minimum absolute atomic E-state index is 0.234. The number of thioether (sulfide) groups is 1. The molecule has 0 saturated heterocycles. The van der Waals surface area contributed by atoms with Crippen molar-refractivity contribution >= 4 is 48.8 Å². The number of sulfone groups is 1. The number of nitrogens with two attached hydrogens (primary N) is 1. The molecule has 0 radical (unpaired) electrons. The van der Waals surface area contributed by atoms with Crippen molar-refractivity contribution in [2.24, 2.45) is 0 Å². The number of hydrogen-bond donors (Lipinski definition) is 1. The van der Waals surface area contributed by atoms with Gasteiger partial charge in [-0.15, -0.1) is 11.3 Å². The molecule has 0 aliphatic carbocycles. The average Bonchev–Trinajstić information content (AvgIpc) is 2.65. The summed E-state index contributed by atoms with van der Waals surface area (Å²) in [5, 5.41) is 0. The van der Waals surface area contributed by atoms with E-state index in [0.29, 0.717) is 6.42 Å². The van der Waals surface area contributed by atoms with Crippen LogP contribution in [0, 0.1) is 0 Å². The van der Waals surface area contributed by atoms with Crippen molar-refractivity contribution in [1.82, 2.24) is 4.98 Å². The third-order valence-electron chi connectivity index (χ3n) is 2.28. The molecule has 98 valence electrons. The lowest BCUT2D eigenvalue weighted by Gasteiger charge is -1.96. The van der Waals surface area contributed by atoms with E-state index in [2.05, 4.69) is 4.98 Å². The van der Waals surface area contributed by atoms with Crippen molar-refractivity contribution in [2.75, 3.05) is 23.5 Å². The molecule has 1 heterocycles. The molecule has 1 aromatic heterocycles. The lowest BCUT2D eigenvalue weighted by molar-refractivity contribution is 0.600. The molecule has 0 bridgehead atoms. The fourth-order valence-corrected chi connectivity index (χ4v) is 4.44.